The predicted octanol–water partition coefficient (Wildman–Crippen LogP) is 12.9. The Kier molecular flexibility index (Phi) is 3.67. The third-order valence-electron chi connectivity index (χ3n) is 10.00. The van der Waals surface area contributed by atoms with Gasteiger partial charge in [0.15, 0.2) is 11.6 Å². The maximum atomic E-state index is 9.78. The smallest absolute Gasteiger partial charge is 0.238 e. The molecule has 0 amide bonds. The molecule has 0 aliphatic heterocycles. The van der Waals surface area contributed by atoms with Crippen LogP contribution in [0.3, 0.4) is 0 Å². The van der Waals surface area contributed by atoms with E-state index in [4.69, 9.17) is 19.2 Å². The lowest BCUT2D eigenvalue weighted by Gasteiger charge is -2.15. The van der Waals surface area contributed by atoms with E-state index >= 15 is 0 Å². The molecule has 0 fully saturated rings. The van der Waals surface area contributed by atoms with Gasteiger partial charge in [-0.3, -0.25) is 4.57 Å². The number of aromatic nitrogens is 5. The van der Waals surface area contributed by atoms with Gasteiger partial charge in [0.05, 0.1) is 49.5 Å². The normalized spacial score (nSPS) is 16.9. The molecule has 3 aromatic heterocycles. The van der Waals surface area contributed by atoms with E-state index in [1.165, 1.54) is 4.57 Å². The van der Waals surface area contributed by atoms with Crippen molar-refractivity contribution in [3.63, 3.8) is 0 Å². The molecule has 0 bridgehead atoms. The summed E-state index contributed by atoms with van der Waals surface area (Å²) >= 11 is 0. The van der Waals surface area contributed by atoms with Gasteiger partial charge in [-0.05, 0) is 56.5 Å². The zero-order valence-electron chi connectivity index (χ0n) is 48.6. The lowest BCUT2D eigenvalue weighted by Crippen LogP contribution is -2.07. The highest BCUT2D eigenvalue weighted by molar-refractivity contribution is 6.27. The number of para-hydroxylation sites is 2. The summed E-state index contributed by atoms with van der Waals surface area (Å²) in [5.74, 6) is -2.13. The number of nitrogens with zero attached hydrogens (tertiary/aromatic N) is 5. The second kappa shape index (κ2) is 11.9. The third kappa shape index (κ3) is 4.46. The van der Waals surface area contributed by atoms with Crippen molar-refractivity contribution in [2.75, 3.05) is 0 Å². The van der Waals surface area contributed by atoms with Crippen LogP contribution in [0.2, 0.25) is 0 Å². The zero-order chi connectivity index (χ0) is 54.1. The van der Waals surface area contributed by atoms with Gasteiger partial charge in [-0.1, -0.05) is 163 Å². The fraction of sp³-hybridized carbons (Fsp3) is 0. The Balaban J connectivity index is 1.37. The topological polar surface area (TPSA) is 48.5 Å². The van der Waals surface area contributed by atoms with Gasteiger partial charge in [-0.2, -0.15) is 9.97 Å². The fourth-order valence-corrected chi connectivity index (χ4v) is 7.71. The minimum absolute atomic E-state index is 0.148. The van der Waals surface area contributed by atoms with Crippen molar-refractivity contribution in [3.8, 4) is 34.4 Å². The summed E-state index contributed by atoms with van der Waals surface area (Å²) in [6.45, 7) is 0. The van der Waals surface area contributed by atoms with Crippen LogP contribution in [-0.2, 0) is 0 Å². The summed E-state index contributed by atoms with van der Waals surface area (Å²) in [4.78, 5) is 13.7. The van der Waals surface area contributed by atoms with Crippen LogP contribution in [-0.4, -0.2) is 24.1 Å². The Labute approximate surface area is 349 Å². The van der Waals surface area contributed by atoms with Gasteiger partial charge in [0.1, 0.15) is 0 Å². The van der Waals surface area contributed by atoms with Crippen molar-refractivity contribution in [1.29, 1.82) is 0 Å². The number of rotatable bonds is 4. The van der Waals surface area contributed by atoms with Gasteiger partial charge >= 0.3 is 0 Å². The molecule has 5 nitrogen and oxygen atoms in total. The largest absolute Gasteiger partial charge is 0.307 e. The molecular formula is C51H31N5. The summed E-state index contributed by atoms with van der Waals surface area (Å²) < 4.78 is 182. The first-order valence-corrected chi connectivity index (χ1v) is 17.3. The molecule has 0 saturated heterocycles. The Morgan fingerprint density at radius 1 is 0.357 bits per heavy atom. The average molecular weight is 734 g/mol. The van der Waals surface area contributed by atoms with Crippen LogP contribution in [0.1, 0.15) is 27.4 Å². The number of fused-ring (bicyclic) bond motifs is 13. The highest BCUT2D eigenvalue weighted by Crippen LogP contribution is 2.43. The van der Waals surface area contributed by atoms with E-state index < -0.39 is 155 Å². The Morgan fingerprint density at radius 3 is 1.36 bits per heavy atom. The Hall–Kier alpha value is -7.63. The van der Waals surface area contributed by atoms with Crippen molar-refractivity contribution >= 4 is 75.9 Å². The van der Waals surface area contributed by atoms with E-state index in [1.807, 2.05) is 54.6 Å². The summed E-state index contributed by atoms with van der Waals surface area (Å²) in [5, 5.41) is 3.95. The Bertz CT molecular complexity index is 4540. The minimum Gasteiger partial charge on any atom is -0.307 e. The van der Waals surface area contributed by atoms with E-state index in [0.29, 0.717) is 5.39 Å². The molecule has 0 N–H and O–H groups in total. The molecule has 5 heteroatoms. The van der Waals surface area contributed by atoms with E-state index in [-0.39, 0.29) is 43.8 Å². The highest BCUT2D eigenvalue weighted by atomic mass is 15.2. The number of hydrogen-bond acceptors (Lipinski definition) is 3. The van der Waals surface area contributed by atoms with Gasteiger partial charge in [0.2, 0.25) is 5.95 Å². The zero-order valence-corrected chi connectivity index (χ0v) is 28.6. The van der Waals surface area contributed by atoms with Crippen LogP contribution in [0.4, 0.5) is 0 Å². The molecule has 0 aliphatic carbocycles. The van der Waals surface area contributed by atoms with Crippen LogP contribution in [0.5, 0.6) is 0 Å². The summed E-state index contributed by atoms with van der Waals surface area (Å²) in [6, 6.07) is 5.87. The standard InChI is InChI=1S/C51H31N5/c1-3-15-32(16-4-1)49-52-50(33-17-5-2-6-18-33)54-51(53-49)56-46-26-14-12-24-41(46)43-30-29-42-40-23-11-13-25-45(40)55(47(42)48(43)56)34-27-28-39-37-21-8-7-19-35(37)36-20-9-10-22-38(36)44(39)31-34/h1-31H/i1D,2D,3D,4D,5D,6D,11D,12D,13D,14D,15D,16D,17D,18D,23D,24D,25D,26D,29D,30D. The molecule has 260 valence electrons. The molecule has 3 heterocycles. The van der Waals surface area contributed by atoms with Crippen molar-refractivity contribution in [2.24, 2.45) is 0 Å². The van der Waals surface area contributed by atoms with Crippen molar-refractivity contribution < 1.29 is 27.4 Å². The van der Waals surface area contributed by atoms with Gasteiger partial charge in [0, 0.05) is 38.4 Å². The van der Waals surface area contributed by atoms with E-state index in [0.717, 1.165) is 31.5 Å². The molecule has 0 unspecified atom stereocenters. The first-order chi connectivity index (χ1) is 36.1. The lowest BCUT2D eigenvalue weighted by atomic mass is 9.94. The first-order valence-electron chi connectivity index (χ1n) is 27.3. The molecule has 56 heavy (non-hydrogen) atoms. The first kappa shape index (κ1) is 17.2. The van der Waals surface area contributed by atoms with E-state index in [2.05, 4.69) is 15.0 Å². The summed E-state index contributed by atoms with van der Waals surface area (Å²) in [5.41, 5.74) is -2.07. The van der Waals surface area contributed by atoms with Gasteiger partial charge in [-0.15, -0.1) is 0 Å². The summed E-state index contributed by atoms with van der Waals surface area (Å²) in [6.07, 6.45) is 0. The molecular weight excluding hydrogens is 683 g/mol. The van der Waals surface area contributed by atoms with Crippen LogP contribution in [0.25, 0.3) is 110 Å². The molecule has 0 atom stereocenters. The van der Waals surface area contributed by atoms with Crippen LogP contribution in [0, 0.1) is 0 Å². The molecule has 12 rings (SSSR count). The third-order valence-corrected chi connectivity index (χ3v) is 10.00. The minimum atomic E-state index is -0.825. The quantitative estimate of drug-likeness (QED) is 0.169. The van der Waals surface area contributed by atoms with Crippen molar-refractivity contribution in [2.45, 2.75) is 0 Å². The summed E-state index contributed by atoms with van der Waals surface area (Å²) in [7, 11) is 0. The molecule has 0 aliphatic rings. The molecule has 12 aromatic rings. The Morgan fingerprint density at radius 2 is 0.804 bits per heavy atom. The number of hydrogen-bond donors (Lipinski definition) is 0. The molecule has 0 saturated carbocycles. The molecule has 0 radical (unpaired) electrons. The fourth-order valence-electron chi connectivity index (χ4n) is 7.71. The van der Waals surface area contributed by atoms with E-state index in [9.17, 15) is 8.22 Å². The van der Waals surface area contributed by atoms with Crippen molar-refractivity contribution in [1.82, 2.24) is 24.1 Å². The SMILES string of the molecule is [2H]c1c([2H])c([2H])c(-c2nc(-c3c([2H])c([2H])c([2H])c([2H])c3[2H])nc(-n3c4c([2H])c([2H])c([2H])c([2H])c4c4c([2H])c([2H])c5c6c([2H])c([2H])c([2H])c([2H])c6n(-c6ccc7c8ccccc8c8ccccc8c7c6)c5c43)n2)c([2H])c1[2H]. The van der Waals surface area contributed by atoms with E-state index in [1.54, 1.807) is 12.1 Å². The predicted molar refractivity (Wildman–Crippen MR) is 232 cm³/mol. The van der Waals surface area contributed by atoms with Crippen LogP contribution >= 0.6 is 0 Å². The van der Waals surface area contributed by atoms with Crippen LogP contribution < -0.4 is 0 Å². The van der Waals surface area contributed by atoms with Crippen molar-refractivity contribution in [3.05, 3.63) is 188 Å². The lowest BCUT2D eigenvalue weighted by molar-refractivity contribution is 0.953. The number of benzene rings is 9. The van der Waals surface area contributed by atoms with Gasteiger partial charge < -0.3 is 4.57 Å². The highest BCUT2D eigenvalue weighted by Gasteiger charge is 2.24. The molecule has 9 aromatic carbocycles. The van der Waals surface area contributed by atoms with Crippen LogP contribution in [0.15, 0.2) is 188 Å². The molecule has 0 spiro atoms. The second-order valence-electron chi connectivity index (χ2n) is 12.9. The second-order valence-corrected chi connectivity index (χ2v) is 12.9. The average Bonchev–Trinajstić information content (AvgIpc) is 3.99. The van der Waals surface area contributed by atoms with Gasteiger partial charge in [-0.25, -0.2) is 4.98 Å². The monoisotopic (exact) mass is 733 g/mol. The van der Waals surface area contributed by atoms with Gasteiger partial charge in [0.25, 0.3) is 0 Å². The maximum absolute atomic E-state index is 9.78. The maximum Gasteiger partial charge on any atom is 0.238 e.